The van der Waals surface area contributed by atoms with E-state index in [2.05, 4.69) is 4.98 Å². The lowest BCUT2D eigenvalue weighted by molar-refractivity contribution is -0.116. The van der Waals surface area contributed by atoms with Crippen molar-refractivity contribution in [1.82, 2.24) is 4.98 Å². The average Bonchev–Trinajstić information content (AvgIpc) is 3.08. The van der Waals surface area contributed by atoms with Crippen molar-refractivity contribution in [2.75, 3.05) is 11.4 Å². The number of aromatic nitrogens is 1. The number of carbonyl (C=O) groups is 2. The maximum Gasteiger partial charge on any atom is 0.338 e. The minimum absolute atomic E-state index is 0.0587. The fourth-order valence-electron chi connectivity index (χ4n) is 2.52. The Labute approximate surface area is 149 Å². The highest BCUT2D eigenvalue weighted by molar-refractivity contribution is 7.14. The van der Waals surface area contributed by atoms with Gasteiger partial charge in [-0.25, -0.2) is 9.78 Å². The summed E-state index contributed by atoms with van der Waals surface area (Å²) in [5.74, 6) is -0.448. The number of nitrogens with zero attached hydrogens (tertiary/aromatic N) is 2. The molecule has 25 heavy (non-hydrogen) atoms. The zero-order valence-electron chi connectivity index (χ0n) is 14.1. The Morgan fingerprint density at radius 3 is 2.64 bits per heavy atom. The summed E-state index contributed by atoms with van der Waals surface area (Å²) in [6.07, 6.45) is 0. The highest BCUT2D eigenvalue weighted by Crippen LogP contribution is 2.22. The molecule has 1 amide bonds. The largest absolute Gasteiger partial charge is 0.456 e. The first-order valence-electron chi connectivity index (χ1n) is 7.97. The molecule has 128 valence electrons. The van der Waals surface area contributed by atoms with Crippen molar-refractivity contribution in [2.45, 2.75) is 20.5 Å². The molecule has 0 fully saturated rings. The van der Waals surface area contributed by atoms with Gasteiger partial charge in [0, 0.05) is 18.8 Å². The molecule has 0 aliphatic heterocycles. The molecule has 0 bridgehead atoms. The van der Waals surface area contributed by atoms with Crippen molar-refractivity contribution in [3.05, 3.63) is 59.1 Å². The van der Waals surface area contributed by atoms with Crippen LogP contribution in [0.25, 0.3) is 10.8 Å². The van der Waals surface area contributed by atoms with Gasteiger partial charge in [0.05, 0.1) is 11.3 Å². The molecule has 1 aromatic heterocycles. The number of fused-ring (bicyclic) bond motifs is 1. The van der Waals surface area contributed by atoms with Gasteiger partial charge in [-0.2, -0.15) is 0 Å². The predicted octanol–water partition coefficient (Wildman–Crippen LogP) is 4.03. The van der Waals surface area contributed by atoms with Gasteiger partial charge in [-0.05, 0) is 29.8 Å². The van der Waals surface area contributed by atoms with E-state index >= 15 is 0 Å². The number of thiazole rings is 1. The normalized spacial score (nSPS) is 10.6. The first-order chi connectivity index (χ1) is 12.1. The average molecular weight is 354 g/mol. The molecule has 3 aromatic rings. The van der Waals surface area contributed by atoms with E-state index in [4.69, 9.17) is 4.74 Å². The van der Waals surface area contributed by atoms with Crippen LogP contribution in [0, 0.1) is 0 Å². The molecule has 0 aliphatic rings. The van der Waals surface area contributed by atoms with Crippen molar-refractivity contribution < 1.29 is 14.3 Å². The van der Waals surface area contributed by atoms with E-state index in [0.717, 1.165) is 10.8 Å². The summed E-state index contributed by atoms with van der Waals surface area (Å²) in [5.41, 5.74) is 1.14. The van der Waals surface area contributed by atoms with E-state index in [0.29, 0.717) is 22.9 Å². The van der Waals surface area contributed by atoms with Crippen LogP contribution in [-0.4, -0.2) is 23.4 Å². The monoisotopic (exact) mass is 354 g/mol. The molecule has 0 N–H and O–H groups in total. The first kappa shape index (κ1) is 17.1. The Balaban J connectivity index is 1.67. The summed E-state index contributed by atoms with van der Waals surface area (Å²) >= 11 is 1.36. The highest BCUT2D eigenvalue weighted by Gasteiger charge is 2.15. The molecular formula is C19H18N2O3S. The summed E-state index contributed by atoms with van der Waals surface area (Å²) < 4.78 is 5.35. The van der Waals surface area contributed by atoms with E-state index in [1.165, 1.54) is 18.3 Å². The van der Waals surface area contributed by atoms with Crippen molar-refractivity contribution in [3.8, 4) is 0 Å². The second-order valence-electron chi connectivity index (χ2n) is 5.52. The summed E-state index contributed by atoms with van der Waals surface area (Å²) in [6.45, 7) is 4.03. The van der Waals surface area contributed by atoms with Crippen LogP contribution in [0.2, 0.25) is 0 Å². The minimum Gasteiger partial charge on any atom is -0.456 e. The Morgan fingerprint density at radius 1 is 1.16 bits per heavy atom. The molecule has 0 unspecified atom stereocenters. The van der Waals surface area contributed by atoms with Gasteiger partial charge in [0.2, 0.25) is 5.91 Å². The van der Waals surface area contributed by atoms with Crippen molar-refractivity contribution in [3.63, 3.8) is 0 Å². The van der Waals surface area contributed by atoms with Crippen molar-refractivity contribution >= 4 is 39.1 Å². The number of benzene rings is 2. The standard InChI is InChI=1S/C19H18N2O3S/c1-3-21(13(2)22)19-20-17(12-25-19)11-24-18(23)16-9-8-14-6-4-5-7-15(14)10-16/h4-10,12H,3,11H2,1-2H3. The first-order valence-corrected chi connectivity index (χ1v) is 8.85. The van der Waals surface area contributed by atoms with E-state index in [9.17, 15) is 9.59 Å². The van der Waals surface area contributed by atoms with E-state index in [-0.39, 0.29) is 18.5 Å². The van der Waals surface area contributed by atoms with Gasteiger partial charge in [0.25, 0.3) is 0 Å². The lowest BCUT2D eigenvalue weighted by Crippen LogP contribution is -2.27. The van der Waals surface area contributed by atoms with Gasteiger partial charge < -0.3 is 4.74 Å². The molecule has 2 aromatic carbocycles. The Morgan fingerprint density at radius 2 is 1.92 bits per heavy atom. The minimum atomic E-state index is -0.390. The van der Waals surface area contributed by atoms with Crippen LogP contribution in [-0.2, 0) is 16.1 Å². The van der Waals surface area contributed by atoms with Gasteiger partial charge in [0.1, 0.15) is 6.61 Å². The lowest BCUT2D eigenvalue weighted by Gasteiger charge is -2.14. The molecule has 0 radical (unpaired) electrons. The van der Waals surface area contributed by atoms with Crippen LogP contribution in [0.4, 0.5) is 5.13 Å². The number of carbonyl (C=O) groups excluding carboxylic acids is 2. The van der Waals surface area contributed by atoms with Gasteiger partial charge in [0.15, 0.2) is 5.13 Å². The van der Waals surface area contributed by atoms with Crippen LogP contribution >= 0.6 is 11.3 Å². The third kappa shape index (κ3) is 3.85. The molecule has 6 heteroatoms. The fourth-order valence-corrected chi connectivity index (χ4v) is 3.44. The van der Waals surface area contributed by atoms with Crippen LogP contribution < -0.4 is 4.90 Å². The van der Waals surface area contributed by atoms with Crippen LogP contribution in [0.15, 0.2) is 47.8 Å². The van der Waals surface area contributed by atoms with E-state index < -0.39 is 0 Å². The van der Waals surface area contributed by atoms with Crippen molar-refractivity contribution in [1.29, 1.82) is 0 Å². The van der Waals surface area contributed by atoms with Gasteiger partial charge >= 0.3 is 5.97 Å². The number of ether oxygens (including phenoxy) is 1. The Bertz CT molecular complexity index is 920. The molecule has 5 nitrogen and oxygen atoms in total. The second-order valence-corrected chi connectivity index (χ2v) is 6.36. The maximum atomic E-state index is 12.3. The SMILES string of the molecule is CCN(C(C)=O)c1nc(COC(=O)c2ccc3ccccc3c2)cs1. The van der Waals surface area contributed by atoms with Gasteiger partial charge in [-0.1, -0.05) is 30.3 Å². The number of rotatable bonds is 5. The smallest absolute Gasteiger partial charge is 0.338 e. The number of hydrogen-bond donors (Lipinski definition) is 0. The summed E-state index contributed by atoms with van der Waals surface area (Å²) in [4.78, 5) is 29.8. The molecule has 0 saturated heterocycles. The quantitative estimate of drug-likeness (QED) is 0.649. The van der Waals surface area contributed by atoms with E-state index in [1.807, 2.05) is 43.3 Å². The Hall–Kier alpha value is -2.73. The maximum absolute atomic E-state index is 12.3. The topological polar surface area (TPSA) is 59.5 Å². The third-order valence-corrected chi connectivity index (χ3v) is 4.72. The summed E-state index contributed by atoms with van der Waals surface area (Å²) in [5, 5.41) is 4.49. The number of hydrogen-bond acceptors (Lipinski definition) is 5. The summed E-state index contributed by atoms with van der Waals surface area (Å²) in [7, 11) is 0. The van der Waals surface area contributed by atoms with E-state index in [1.54, 1.807) is 16.3 Å². The van der Waals surface area contributed by atoms with Gasteiger partial charge in [-0.15, -0.1) is 11.3 Å². The number of anilines is 1. The zero-order chi connectivity index (χ0) is 17.8. The number of esters is 1. The fraction of sp³-hybridized carbons (Fsp3) is 0.211. The van der Waals surface area contributed by atoms with Crippen molar-refractivity contribution in [2.24, 2.45) is 0 Å². The van der Waals surface area contributed by atoms with Gasteiger partial charge in [-0.3, -0.25) is 9.69 Å². The molecule has 0 saturated carbocycles. The second kappa shape index (κ2) is 7.44. The van der Waals surface area contributed by atoms with Crippen LogP contribution in [0.3, 0.4) is 0 Å². The number of amides is 1. The highest BCUT2D eigenvalue weighted by atomic mass is 32.1. The third-order valence-electron chi connectivity index (χ3n) is 3.80. The van der Waals surface area contributed by atoms with Crippen LogP contribution in [0.1, 0.15) is 29.9 Å². The molecule has 1 heterocycles. The summed E-state index contributed by atoms with van der Waals surface area (Å²) in [6, 6.07) is 13.3. The zero-order valence-corrected chi connectivity index (χ0v) is 14.9. The molecule has 0 aliphatic carbocycles. The molecule has 0 atom stereocenters. The predicted molar refractivity (Wildman–Crippen MR) is 98.9 cm³/mol. The van der Waals surface area contributed by atoms with Crippen LogP contribution in [0.5, 0.6) is 0 Å². The molecular weight excluding hydrogens is 336 g/mol. The lowest BCUT2D eigenvalue weighted by atomic mass is 10.1. The molecule has 3 rings (SSSR count). The molecule has 0 spiro atoms. The Kier molecular flexibility index (Phi) is 5.09.